The quantitative estimate of drug-likeness (QED) is 0.926. The molecule has 0 fully saturated rings. The Labute approximate surface area is 113 Å². The van der Waals surface area contributed by atoms with Crippen molar-refractivity contribution >= 4 is 39.1 Å². The lowest BCUT2D eigenvalue weighted by Crippen LogP contribution is -2.10. The van der Waals surface area contributed by atoms with E-state index in [0.29, 0.717) is 27.5 Å². The van der Waals surface area contributed by atoms with Crippen LogP contribution in [0.15, 0.2) is 16.6 Å². The predicted molar refractivity (Wildman–Crippen MR) is 69.2 cm³/mol. The molecule has 0 aliphatic rings. The van der Waals surface area contributed by atoms with Crippen molar-refractivity contribution in [3.05, 3.63) is 21.6 Å². The number of nitrogens with zero attached hydrogens (tertiary/aromatic N) is 1. The molecular formula is C11H10BrClN2O2. The van der Waals surface area contributed by atoms with E-state index in [1.54, 1.807) is 18.2 Å². The van der Waals surface area contributed by atoms with Gasteiger partial charge in [-0.2, -0.15) is 5.26 Å². The minimum absolute atomic E-state index is 0.192. The molecule has 1 aromatic rings. The van der Waals surface area contributed by atoms with E-state index in [1.807, 2.05) is 6.92 Å². The molecule has 0 aliphatic carbocycles. The molecule has 1 amide bonds. The van der Waals surface area contributed by atoms with Crippen LogP contribution in [0.25, 0.3) is 0 Å². The van der Waals surface area contributed by atoms with E-state index < -0.39 is 0 Å². The third kappa shape index (κ3) is 3.91. The Morgan fingerprint density at radius 3 is 2.88 bits per heavy atom. The van der Waals surface area contributed by atoms with Gasteiger partial charge in [-0.3, -0.25) is 4.79 Å². The van der Waals surface area contributed by atoms with E-state index in [9.17, 15) is 4.79 Å². The number of ether oxygens (including phenoxy) is 1. The summed E-state index contributed by atoms with van der Waals surface area (Å²) in [4.78, 5) is 11.2. The van der Waals surface area contributed by atoms with Crippen LogP contribution in [0.4, 0.5) is 5.69 Å². The second-order valence-electron chi connectivity index (χ2n) is 3.09. The average molecular weight is 318 g/mol. The standard InChI is InChI=1S/C11H10BrClN2O2/c1-2-17-11-8(12)5-7(6-9(11)13)15-10(16)3-4-14/h5-6H,2-3H2,1H3,(H,15,16). The summed E-state index contributed by atoms with van der Waals surface area (Å²) in [5, 5.41) is 11.3. The Balaban J connectivity index is 2.91. The molecule has 90 valence electrons. The number of hydrogen-bond acceptors (Lipinski definition) is 3. The Hall–Kier alpha value is -1.25. The highest BCUT2D eigenvalue weighted by Gasteiger charge is 2.10. The summed E-state index contributed by atoms with van der Waals surface area (Å²) < 4.78 is 5.98. The first kappa shape index (κ1) is 13.8. The fourth-order valence-corrected chi connectivity index (χ4v) is 2.15. The number of rotatable bonds is 4. The smallest absolute Gasteiger partial charge is 0.238 e. The highest BCUT2D eigenvalue weighted by atomic mass is 79.9. The second kappa shape index (κ2) is 6.48. The first-order chi connectivity index (χ1) is 8.08. The van der Waals surface area contributed by atoms with Crippen LogP contribution in [0.2, 0.25) is 5.02 Å². The average Bonchev–Trinajstić information content (AvgIpc) is 2.23. The van der Waals surface area contributed by atoms with Gasteiger partial charge in [0.05, 0.1) is 22.2 Å². The molecule has 0 atom stereocenters. The van der Waals surface area contributed by atoms with Crippen LogP contribution in [-0.2, 0) is 4.79 Å². The molecule has 0 radical (unpaired) electrons. The maximum atomic E-state index is 11.2. The summed E-state index contributed by atoms with van der Waals surface area (Å²) in [5.41, 5.74) is 0.519. The van der Waals surface area contributed by atoms with Gasteiger partial charge in [-0.15, -0.1) is 0 Å². The zero-order chi connectivity index (χ0) is 12.8. The molecule has 17 heavy (non-hydrogen) atoms. The van der Waals surface area contributed by atoms with Crippen molar-refractivity contribution < 1.29 is 9.53 Å². The van der Waals surface area contributed by atoms with Crippen molar-refractivity contribution in [2.75, 3.05) is 11.9 Å². The lowest BCUT2D eigenvalue weighted by atomic mass is 10.3. The zero-order valence-electron chi connectivity index (χ0n) is 9.09. The van der Waals surface area contributed by atoms with Gasteiger partial charge in [0.2, 0.25) is 5.91 Å². The summed E-state index contributed by atoms with van der Waals surface area (Å²) in [6, 6.07) is 5.02. The summed E-state index contributed by atoms with van der Waals surface area (Å²) in [5.74, 6) is 0.159. The molecule has 1 aromatic carbocycles. The highest BCUT2D eigenvalue weighted by Crippen LogP contribution is 2.36. The maximum absolute atomic E-state index is 11.2. The molecule has 0 heterocycles. The third-order valence-electron chi connectivity index (χ3n) is 1.81. The minimum atomic E-state index is -0.375. The van der Waals surface area contributed by atoms with Crippen molar-refractivity contribution in [2.24, 2.45) is 0 Å². The molecule has 0 aliphatic heterocycles. The highest BCUT2D eigenvalue weighted by molar-refractivity contribution is 9.10. The molecule has 4 nitrogen and oxygen atoms in total. The summed E-state index contributed by atoms with van der Waals surface area (Å²) >= 11 is 9.30. The van der Waals surface area contributed by atoms with Crippen LogP contribution in [0.1, 0.15) is 13.3 Å². The Morgan fingerprint density at radius 1 is 1.65 bits per heavy atom. The lowest BCUT2D eigenvalue weighted by molar-refractivity contribution is -0.115. The number of amides is 1. The molecular weight excluding hydrogens is 307 g/mol. The molecule has 0 saturated carbocycles. The Morgan fingerprint density at radius 2 is 2.35 bits per heavy atom. The van der Waals surface area contributed by atoms with Gasteiger partial charge in [-0.05, 0) is 35.0 Å². The van der Waals surface area contributed by atoms with Crippen LogP contribution in [0, 0.1) is 11.3 Å². The number of anilines is 1. The molecule has 0 saturated heterocycles. The molecule has 0 unspecified atom stereocenters. The molecule has 6 heteroatoms. The number of carbonyl (C=O) groups is 1. The van der Waals surface area contributed by atoms with E-state index in [1.165, 1.54) is 0 Å². The van der Waals surface area contributed by atoms with E-state index in [4.69, 9.17) is 21.6 Å². The number of nitrogens with one attached hydrogen (secondary N) is 1. The van der Waals surface area contributed by atoms with Gasteiger partial charge in [0.15, 0.2) is 5.75 Å². The summed E-state index contributed by atoms with van der Waals surface area (Å²) in [7, 11) is 0. The maximum Gasteiger partial charge on any atom is 0.238 e. The van der Waals surface area contributed by atoms with E-state index in [2.05, 4.69) is 21.2 Å². The molecule has 1 N–H and O–H groups in total. The van der Waals surface area contributed by atoms with Crippen molar-refractivity contribution in [2.45, 2.75) is 13.3 Å². The fraction of sp³-hybridized carbons (Fsp3) is 0.273. The SMILES string of the molecule is CCOc1c(Cl)cc(NC(=O)CC#N)cc1Br. The van der Waals surface area contributed by atoms with Crippen LogP contribution in [0.3, 0.4) is 0 Å². The normalized spacial score (nSPS) is 9.53. The monoisotopic (exact) mass is 316 g/mol. The van der Waals surface area contributed by atoms with Gasteiger partial charge < -0.3 is 10.1 Å². The van der Waals surface area contributed by atoms with Crippen molar-refractivity contribution in [1.82, 2.24) is 0 Å². The van der Waals surface area contributed by atoms with Crippen molar-refractivity contribution in [3.8, 4) is 11.8 Å². The van der Waals surface area contributed by atoms with Crippen LogP contribution in [-0.4, -0.2) is 12.5 Å². The summed E-state index contributed by atoms with van der Waals surface area (Å²) in [6.07, 6.45) is -0.192. The third-order valence-corrected chi connectivity index (χ3v) is 2.68. The van der Waals surface area contributed by atoms with Gasteiger partial charge in [-0.25, -0.2) is 0 Å². The van der Waals surface area contributed by atoms with Gasteiger partial charge >= 0.3 is 0 Å². The zero-order valence-corrected chi connectivity index (χ0v) is 11.4. The van der Waals surface area contributed by atoms with Gasteiger partial charge in [0.25, 0.3) is 0 Å². The molecule has 0 aromatic heterocycles. The Bertz CT molecular complexity index is 448. The van der Waals surface area contributed by atoms with E-state index >= 15 is 0 Å². The van der Waals surface area contributed by atoms with Crippen LogP contribution in [0.5, 0.6) is 5.75 Å². The number of benzene rings is 1. The van der Waals surface area contributed by atoms with Crippen LogP contribution < -0.4 is 10.1 Å². The topological polar surface area (TPSA) is 62.1 Å². The van der Waals surface area contributed by atoms with Crippen LogP contribution >= 0.6 is 27.5 Å². The van der Waals surface area contributed by atoms with E-state index in [-0.39, 0.29) is 12.3 Å². The Kier molecular flexibility index (Phi) is 5.26. The number of carbonyl (C=O) groups excluding carboxylic acids is 1. The van der Waals surface area contributed by atoms with Gasteiger partial charge in [-0.1, -0.05) is 11.6 Å². The fourth-order valence-electron chi connectivity index (χ4n) is 1.19. The molecule has 1 rings (SSSR count). The van der Waals surface area contributed by atoms with Gasteiger partial charge in [0.1, 0.15) is 6.42 Å². The van der Waals surface area contributed by atoms with Crippen molar-refractivity contribution in [1.29, 1.82) is 5.26 Å². The predicted octanol–water partition coefficient (Wildman–Crippen LogP) is 3.35. The summed E-state index contributed by atoms with van der Waals surface area (Å²) in [6.45, 7) is 2.35. The molecule has 0 bridgehead atoms. The van der Waals surface area contributed by atoms with E-state index in [0.717, 1.165) is 0 Å². The largest absolute Gasteiger partial charge is 0.491 e. The lowest BCUT2D eigenvalue weighted by Gasteiger charge is -2.10. The number of halogens is 2. The number of hydrogen-bond donors (Lipinski definition) is 1. The van der Waals surface area contributed by atoms with Crippen molar-refractivity contribution in [3.63, 3.8) is 0 Å². The first-order valence-corrected chi connectivity index (χ1v) is 6.04. The second-order valence-corrected chi connectivity index (χ2v) is 4.35. The first-order valence-electron chi connectivity index (χ1n) is 4.87. The number of nitriles is 1. The molecule has 0 spiro atoms. The minimum Gasteiger partial charge on any atom is -0.491 e. The van der Waals surface area contributed by atoms with Gasteiger partial charge in [0, 0.05) is 5.69 Å².